The summed E-state index contributed by atoms with van der Waals surface area (Å²) in [6, 6.07) is 6.35. The van der Waals surface area contributed by atoms with Crippen molar-refractivity contribution in [3.05, 3.63) is 29.3 Å². The SMILES string of the molecule is O=S(=O)(c1ccc(Cl)cc1)C1CCNC1. The zero-order chi connectivity index (χ0) is 10.9. The van der Waals surface area contributed by atoms with Crippen LogP contribution in [0.15, 0.2) is 29.2 Å². The van der Waals surface area contributed by atoms with E-state index in [1.165, 1.54) is 0 Å². The number of nitrogens with one attached hydrogen (secondary N) is 1. The Morgan fingerprint density at radius 1 is 1.27 bits per heavy atom. The maximum atomic E-state index is 12.1. The summed E-state index contributed by atoms with van der Waals surface area (Å²) in [5, 5.41) is 3.32. The Bertz CT molecular complexity index is 435. The normalized spacial score (nSPS) is 21.8. The van der Waals surface area contributed by atoms with Crippen molar-refractivity contribution in [1.29, 1.82) is 0 Å². The average Bonchev–Trinajstić information content (AvgIpc) is 2.71. The Morgan fingerprint density at radius 3 is 2.47 bits per heavy atom. The molecule has 0 radical (unpaired) electrons. The third-order valence-electron chi connectivity index (χ3n) is 2.60. The van der Waals surface area contributed by atoms with Crippen LogP contribution in [0.3, 0.4) is 0 Å². The second-order valence-corrected chi connectivity index (χ2v) is 6.28. The van der Waals surface area contributed by atoms with Crippen molar-refractivity contribution in [3.63, 3.8) is 0 Å². The van der Waals surface area contributed by atoms with Crippen LogP contribution in [0, 0.1) is 0 Å². The van der Waals surface area contributed by atoms with Crippen molar-refractivity contribution in [2.24, 2.45) is 0 Å². The predicted molar refractivity (Wildman–Crippen MR) is 59.9 cm³/mol. The van der Waals surface area contributed by atoms with Crippen LogP contribution in [0.2, 0.25) is 5.02 Å². The summed E-state index contributed by atoms with van der Waals surface area (Å²) in [7, 11) is -3.18. The lowest BCUT2D eigenvalue weighted by Gasteiger charge is -2.10. The van der Waals surface area contributed by atoms with Crippen molar-refractivity contribution < 1.29 is 8.42 Å². The second-order valence-electron chi connectivity index (χ2n) is 3.61. The van der Waals surface area contributed by atoms with Crippen molar-refractivity contribution in [1.82, 2.24) is 5.32 Å². The summed E-state index contributed by atoms with van der Waals surface area (Å²) in [5.74, 6) is 0. The minimum Gasteiger partial charge on any atom is -0.315 e. The smallest absolute Gasteiger partial charge is 0.182 e. The Balaban J connectivity index is 2.32. The third-order valence-corrected chi connectivity index (χ3v) is 5.06. The van der Waals surface area contributed by atoms with Gasteiger partial charge in [0.2, 0.25) is 0 Å². The summed E-state index contributed by atoms with van der Waals surface area (Å²) in [6.45, 7) is 1.32. The summed E-state index contributed by atoms with van der Waals surface area (Å²) < 4.78 is 24.1. The van der Waals surface area contributed by atoms with Gasteiger partial charge in [-0.3, -0.25) is 0 Å². The van der Waals surface area contributed by atoms with Gasteiger partial charge in [0.15, 0.2) is 9.84 Å². The Kier molecular flexibility index (Phi) is 3.00. The van der Waals surface area contributed by atoms with Gasteiger partial charge >= 0.3 is 0 Å². The molecule has 3 nitrogen and oxygen atoms in total. The first-order valence-electron chi connectivity index (χ1n) is 4.81. The average molecular weight is 246 g/mol. The van der Waals surface area contributed by atoms with Gasteiger partial charge in [0, 0.05) is 11.6 Å². The van der Waals surface area contributed by atoms with Gasteiger partial charge in [0.1, 0.15) is 0 Å². The summed E-state index contributed by atoms with van der Waals surface area (Å²) in [4.78, 5) is 0.362. The van der Waals surface area contributed by atoms with Crippen LogP contribution in [0.4, 0.5) is 0 Å². The van der Waals surface area contributed by atoms with Gasteiger partial charge in [-0.1, -0.05) is 11.6 Å². The van der Waals surface area contributed by atoms with Crippen LogP contribution in [-0.4, -0.2) is 26.8 Å². The largest absolute Gasteiger partial charge is 0.315 e. The van der Waals surface area contributed by atoms with Crippen molar-refractivity contribution in [2.45, 2.75) is 16.6 Å². The maximum absolute atomic E-state index is 12.1. The fourth-order valence-corrected chi connectivity index (χ4v) is 3.50. The molecule has 1 heterocycles. The van der Waals surface area contributed by atoms with E-state index in [0.717, 1.165) is 6.54 Å². The van der Waals surface area contributed by atoms with Gasteiger partial charge in [0.25, 0.3) is 0 Å². The van der Waals surface area contributed by atoms with Gasteiger partial charge in [-0.05, 0) is 37.2 Å². The second kappa shape index (κ2) is 4.12. The highest BCUT2D eigenvalue weighted by Crippen LogP contribution is 2.21. The van der Waals surface area contributed by atoms with Crippen molar-refractivity contribution in [3.8, 4) is 0 Å². The molecule has 15 heavy (non-hydrogen) atoms. The highest BCUT2D eigenvalue weighted by atomic mass is 35.5. The molecule has 0 saturated carbocycles. The summed E-state index contributed by atoms with van der Waals surface area (Å²) in [5.41, 5.74) is 0. The first-order valence-corrected chi connectivity index (χ1v) is 6.73. The van der Waals surface area contributed by atoms with E-state index in [2.05, 4.69) is 5.32 Å². The summed E-state index contributed by atoms with van der Waals surface area (Å²) >= 11 is 5.71. The van der Waals surface area contributed by atoms with Gasteiger partial charge in [-0.25, -0.2) is 8.42 Å². The van der Waals surface area contributed by atoms with Gasteiger partial charge in [-0.15, -0.1) is 0 Å². The van der Waals surface area contributed by atoms with Gasteiger partial charge < -0.3 is 5.32 Å². The van der Waals surface area contributed by atoms with E-state index in [9.17, 15) is 8.42 Å². The molecule has 0 bridgehead atoms. The molecule has 1 aromatic rings. The molecule has 0 aliphatic carbocycles. The number of hydrogen-bond donors (Lipinski definition) is 1. The standard InChI is InChI=1S/C10H12ClNO2S/c11-8-1-3-9(4-2-8)15(13,14)10-5-6-12-7-10/h1-4,10,12H,5-7H2. The number of halogens is 1. The van der Waals surface area contributed by atoms with Crippen molar-refractivity contribution in [2.75, 3.05) is 13.1 Å². The lowest BCUT2D eigenvalue weighted by Crippen LogP contribution is -2.23. The Labute approximate surface area is 94.4 Å². The molecule has 5 heteroatoms. The molecular formula is C10H12ClNO2S. The summed E-state index contributed by atoms with van der Waals surface area (Å²) in [6.07, 6.45) is 0.685. The molecule has 1 aromatic carbocycles. The van der Waals surface area contributed by atoms with E-state index in [0.29, 0.717) is 22.9 Å². The molecule has 82 valence electrons. The molecule has 0 amide bonds. The predicted octanol–water partition coefficient (Wildman–Crippen LogP) is 1.48. The quantitative estimate of drug-likeness (QED) is 0.859. The highest BCUT2D eigenvalue weighted by Gasteiger charge is 2.29. The zero-order valence-corrected chi connectivity index (χ0v) is 9.68. The minimum atomic E-state index is -3.18. The van der Waals surface area contributed by atoms with E-state index in [1.807, 2.05) is 0 Å². The lowest BCUT2D eigenvalue weighted by molar-refractivity contribution is 0.583. The van der Waals surface area contributed by atoms with Gasteiger partial charge in [-0.2, -0.15) is 0 Å². The molecule has 1 aliphatic rings. The molecule has 1 fully saturated rings. The van der Waals surface area contributed by atoms with Crippen LogP contribution >= 0.6 is 11.6 Å². The highest BCUT2D eigenvalue weighted by molar-refractivity contribution is 7.92. The van der Waals surface area contributed by atoms with E-state index in [1.54, 1.807) is 24.3 Å². The van der Waals surface area contributed by atoms with Crippen LogP contribution < -0.4 is 5.32 Å². The topological polar surface area (TPSA) is 46.2 Å². The van der Waals surface area contributed by atoms with E-state index >= 15 is 0 Å². The monoisotopic (exact) mass is 245 g/mol. The van der Waals surface area contributed by atoms with Crippen molar-refractivity contribution >= 4 is 21.4 Å². The Morgan fingerprint density at radius 2 is 1.93 bits per heavy atom. The van der Waals surface area contributed by atoms with Crippen LogP contribution in [-0.2, 0) is 9.84 Å². The van der Waals surface area contributed by atoms with Crippen LogP contribution in [0.25, 0.3) is 0 Å². The number of sulfone groups is 1. The number of benzene rings is 1. The zero-order valence-electron chi connectivity index (χ0n) is 8.11. The number of hydrogen-bond acceptors (Lipinski definition) is 3. The first-order chi connectivity index (χ1) is 7.10. The lowest BCUT2D eigenvalue weighted by atomic mass is 10.4. The fraction of sp³-hybridized carbons (Fsp3) is 0.400. The van der Waals surface area contributed by atoms with E-state index < -0.39 is 9.84 Å². The molecule has 0 spiro atoms. The molecular weight excluding hydrogens is 234 g/mol. The van der Waals surface area contributed by atoms with E-state index in [4.69, 9.17) is 11.6 Å². The molecule has 1 saturated heterocycles. The third kappa shape index (κ3) is 2.17. The molecule has 1 aliphatic heterocycles. The Hall–Kier alpha value is -0.580. The fourth-order valence-electron chi connectivity index (χ4n) is 1.71. The minimum absolute atomic E-state index is 0.293. The first kappa shape index (κ1) is 10.9. The number of rotatable bonds is 2. The molecule has 1 atom stereocenters. The molecule has 1 N–H and O–H groups in total. The van der Waals surface area contributed by atoms with E-state index in [-0.39, 0.29) is 5.25 Å². The van der Waals surface area contributed by atoms with Crippen LogP contribution in [0.5, 0.6) is 0 Å². The molecule has 2 rings (SSSR count). The maximum Gasteiger partial charge on any atom is 0.182 e. The molecule has 1 unspecified atom stereocenters. The van der Waals surface area contributed by atoms with Gasteiger partial charge in [0.05, 0.1) is 10.1 Å². The molecule has 0 aromatic heterocycles. The van der Waals surface area contributed by atoms with Crippen LogP contribution in [0.1, 0.15) is 6.42 Å².